The Labute approximate surface area is 343 Å². The van der Waals surface area contributed by atoms with Crippen molar-refractivity contribution in [2.45, 2.75) is 0 Å². The number of thiophene rings is 2. The molecule has 0 aliphatic heterocycles. The summed E-state index contributed by atoms with van der Waals surface area (Å²) in [5, 5.41) is 7.74. The molecule has 0 fully saturated rings. The summed E-state index contributed by atoms with van der Waals surface area (Å²) >= 11 is 3.72. The highest BCUT2D eigenvalue weighted by atomic mass is 32.1. The quantitative estimate of drug-likeness (QED) is 0.163. The van der Waals surface area contributed by atoms with Crippen molar-refractivity contribution in [1.82, 2.24) is 4.57 Å². The molecule has 0 saturated carbocycles. The molecule has 0 bridgehead atoms. The Balaban J connectivity index is 0.933. The van der Waals surface area contributed by atoms with Gasteiger partial charge in [-0.25, -0.2) is 0 Å². The van der Waals surface area contributed by atoms with Gasteiger partial charge >= 0.3 is 0 Å². The van der Waals surface area contributed by atoms with Gasteiger partial charge in [0.1, 0.15) is 0 Å². The van der Waals surface area contributed by atoms with E-state index in [1.807, 2.05) is 22.7 Å². The fourth-order valence-corrected chi connectivity index (χ4v) is 11.1. The topological polar surface area (TPSA) is 8.17 Å². The lowest BCUT2D eigenvalue weighted by Gasteiger charge is -2.26. The van der Waals surface area contributed by atoms with Gasteiger partial charge in [0.05, 0.1) is 16.7 Å². The minimum absolute atomic E-state index is 1.12. The van der Waals surface area contributed by atoms with E-state index in [-0.39, 0.29) is 0 Å². The zero-order valence-corrected chi connectivity index (χ0v) is 33.0. The molecule has 0 atom stereocenters. The lowest BCUT2D eigenvalue weighted by Crippen LogP contribution is -2.09. The van der Waals surface area contributed by atoms with Crippen molar-refractivity contribution in [2.24, 2.45) is 0 Å². The molecule has 3 heterocycles. The third-order valence-corrected chi connectivity index (χ3v) is 13.9. The lowest BCUT2D eigenvalue weighted by molar-refractivity contribution is 1.18. The van der Waals surface area contributed by atoms with Gasteiger partial charge in [-0.15, -0.1) is 22.7 Å². The predicted molar refractivity (Wildman–Crippen MR) is 252 cm³/mol. The van der Waals surface area contributed by atoms with Crippen molar-refractivity contribution in [3.05, 3.63) is 206 Å². The van der Waals surface area contributed by atoms with Crippen LogP contribution in [0.1, 0.15) is 0 Å². The molecule has 12 rings (SSSR count). The largest absolute Gasteiger partial charge is 0.310 e. The van der Waals surface area contributed by atoms with Crippen LogP contribution >= 0.6 is 22.7 Å². The molecule has 0 N–H and O–H groups in total. The zero-order chi connectivity index (χ0) is 38.2. The van der Waals surface area contributed by atoms with Gasteiger partial charge in [0.2, 0.25) is 0 Å². The molecule has 0 amide bonds. The summed E-state index contributed by atoms with van der Waals surface area (Å²) in [6.07, 6.45) is 0. The second-order valence-corrected chi connectivity index (χ2v) is 17.1. The molecule has 0 unspecified atom stereocenters. The molecule has 0 aliphatic carbocycles. The molecule has 2 nitrogen and oxygen atoms in total. The summed E-state index contributed by atoms with van der Waals surface area (Å²) in [6.45, 7) is 0. The highest BCUT2D eigenvalue weighted by Crippen LogP contribution is 2.44. The first-order chi connectivity index (χ1) is 28.7. The summed E-state index contributed by atoms with van der Waals surface area (Å²) in [4.78, 5) is 2.41. The number of benzene rings is 9. The molecular weight excluding hydrogens is 741 g/mol. The monoisotopic (exact) mass is 774 g/mol. The van der Waals surface area contributed by atoms with E-state index in [1.165, 1.54) is 90.1 Å². The summed E-state index contributed by atoms with van der Waals surface area (Å²) in [5.74, 6) is 0. The van der Waals surface area contributed by atoms with Gasteiger partial charge in [0, 0.05) is 73.7 Å². The van der Waals surface area contributed by atoms with Gasteiger partial charge in [-0.05, 0) is 95.6 Å². The molecular formula is C54H34N2S2. The van der Waals surface area contributed by atoms with Crippen LogP contribution in [0, 0.1) is 0 Å². The molecule has 0 saturated heterocycles. The van der Waals surface area contributed by atoms with E-state index in [0.717, 1.165) is 17.1 Å². The van der Waals surface area contributed by atoms with Gasteiger partial charge in [-0.3, -0.25) is 0 Å². The first-order valence-electron chi connectivity index (χ1n) is 19.7. The van der Waals surface area contributed by atoms with Crippen LogP contribution in [0.2, 0.25) is 0 Å². The average Bonchev–Trinajstić information content (AvgIpc) is 3.96. The molecule has 12 aromatic rings. The van der Waals surface area contributed by atoms with E-state index in [9.17, 15) is 0 Å². The van der Waals surface area contributed by atoms with E-state index < -0.39 is 0 Å². The van der Waals surface area contributed by atoms with Crippen molar-refractivity contribution in [3.63, 3.8) is 0 Å². The van der Waals surface area contributed by atoms with Crippen molar-refractivity contribution in [2.75, 3.05) is 4.90 Å². The Morgan fingerprint density at radius 2 is 0.724 bits per heavy atom. The van der Waals surface area contributed by atoms with Gasteiger partial charge in [0.25, 0.3) is 0 Å². The number of hydrogen-bond donors (Lipinski definition) is 0. The first-order valence-corrected chi connectivity index (χ1v) is 21.3. The summed E-state index contributed by atoms with van der Waals surface area (Å²) in [7, 11) is 0. The number of nitrogens with zero attached hydrogens (tertiary/aromatic N) is 2. The minimum Gasteiger partial charge on any atom is -0.310 e. The highest BCUT2D eigenvalue weighted by molar-refractivity contribution is 7.26. The lowest BCUT2D eigenvalue weighted by atomic mass is 9.98. The Morgan fingerprint density at radius 3 is 1.29 bits per heavy atom. The van der Waals surface area contributed by atoms with E-state index >= 15 is 0 Å². The third-order valence-electron chi connectivity index (χ3n) is 11.6. The summed E-state index contributed by atoms with van der Waals surface area (Å²) in [6, 6.07) is 75.7. The van der Waals surface area contributed by atoms with E-state index in [1.54, 1.807) is 0 Å². The smallest absolute Gasteiger partial charge is 0.0541 e. The maximum atomic E-state index is 2.41. The van der Waals surface area contributed by atoms with Crippen molar-refractivity contribution < 1.29 is 0 Å². The molecule has 58 heavy (non-hydrogen) atoms. The van der Waals surface area contributed by atoms with Crippen LogP contribution in [0.15, 0.2) is 206 Å². The van der Waals surface area contributed by atoms with E-state index in [2.05, 4.69) is 216 Å². The number of aromatic nitrogens is 1. The van der Waals surface area contributed by atoms with Crippen molar-refractivity contribution in [1.29, 1.82) is 0 Å². The summed E-state index contributed by atoms with van der Waals surface area (Å²) in [5.41, 5.74) is 11.8. The number of anilines is 3. The average molecular weight is 775 g/mol. The zero-order valence-electron chi connectivity index (χ0n) is 31.3. The SMILES string of the molecule is c1ccc(-n2c3ccccc3c3ccccc32)c(-c2ccc(-c3ccc(N(c4ccc5sc6ccccc6c5c4)c4ccc5sc6ccccc6c5c4)cc3)cc2)c1. The van der Waals surface area contributed by atoms with Crippen LogP contribution in [0.3, 0.4) is 0 Å². The van der Waals surface area contributed by atoms with Gasteiger partial charge in [-0.1, -0.05) is 127 Å². The van der Waals surface area contributed by atoms with Crippen molar-refractivity contribution >= 4 is 102 Å². The van der Waals surface area contributed by atoms with Gasteiger partial charge < -0.3 is 9.47 Å². The number of hydrogen-bond acceptors (Lipinski definition) is 3. The van der Waals surface area contributed by atoms with Crippen LogP contribution in [0.4, 0.5) is 17.1 Å². The molecule has 4 heteroatoms. The second kappa shape index (κ2) is 13.3. The number of fused-ring (bicyclic) bond motifs is 9. The van der Waals surface area contributed by atoms with Gasteiger partial charge in [-0.2, -0.15) is 0 Å². The van der Waals surface area contributed by atoms with E-state index in [4.69, 9.17) is 0 Å². The highest BCUT2D eigenvalue weighted by Gasteiger charge is 2.18. The summed E-state index contributed by atoms with van der Waals surface area (Å²) < 4.78 is 7.66. The minimum atomic E-state index is 1.12. The predicted octanol–water partition coefficient (Wildman–Crippen LogP) is 16.3. The van der Waals surface area contributed by atoms with Gasteiger partial charge in [0.15, 0.2) is 0 Å². The molecule has 9 aromatic carbocycles. The van der Waals surface area contributed by atoms with Crippen LogP contribution in [-0.4, -0.2) is 4.57 Å². The number of para-hydroxylation sites is 3. The van der Waals surface area contributed by atoms with Crippen LogP contribution in [0.25, 0.3) is 90.1 Å². The maximum absolute atomic E-state index is 2.41. The third kappa shape index (κ3) is 5.30. The fraction of sp³-hybridized carbons (Fsp3) is 0. The standard InChI is InChI=1S/C54H34N2S2/c1-6-16-48(56-49-17-7-2-12-42(49)43-13-3-8-18-50(43)56)41(11-1)37-23-21-35(22-24-37)36-25-27-38(28-26-36)55(39-29-31-53-46(33-39)44-14-4-9-19-51(44)57-53)40-30-32-54-47(34-40)45-15-5-10-20-52(45)58-54/h1-34H. The fourth-order valence-electron chi connectivity index (χ4n) is 8.89. The molecule has 0 aliphatic rings. The molecule has 0 radical (unpaired) electrons. The Kier molecular flexibility index (Phi) is 7.62. The van der Waals surface area contributed by atoms with E-state index in [0.29, 0.717) is 0 Å². The van der Waals surface area contributed by atoms with Crippen molar-refractivity contribution in [3.8, 4) is 27.9 Å². The normalized spacial score (nSPS) is 11.8. The molecule has 3 aromatic heterocycles. The Hall–Kier alpha value is -6.98. The maximum Gasteiger partial charge on any atom is 0.0541 e. The Bertz CT molecular complexity index is 3350. The number of rotatable bonds is 6. The molecule has 272 valence electrons. The second-order valence-electron chi connectivity index (χ2n) is 14.9. The van der Waals surface area contributed by atoms with Crippen LogP contribution < -0.4 is 4.90 Å². The molecule has 0 spiro atoms. The van der Waals surface area contributed by atoms with Crippen LogP contribution in [0.5, 0.6) is 0 Å². The Morgan fingerprint density at radius 1 is 0.310 bits per heavy atom. The first kappa shape index (κ1) is 33.2. The van der Waals surface area contributed by atoms with Crippen LogP contribution in [-0.2, 0) is 0 Å².